The van der Waals surface area contributed by atoms with Crippen molar-refractivity contribution >= 4 is 5.78 Å². The van der Waals surface area contributed by atoms with Crippen molar-refractivity contribution in [1.29, 1.82) is 0 Å². The zero-order valence-corrected chi connectivity index (χ0v) is 13.6. The van der Waals surface area contributed by atoms with Crippen LogP contribution in [0.2, 0.25) is 0 Å². The highest BCUT2D eigenvalue weighted by atomic mass is 16.1. The maximum absolute atomic E-state index is 12.9. The van der Waals surface area contributed by atoms with E-state index in [2.05, 4.69) is 40.2 Å². The van der Waals surface area contributed by atoms with E-state index in [1.807, 2.05) is 19.1 Å². The molecule has 0 unspecified atom stereocenters. The maximum atomic E-state index is 12.9. The zero-order chi connectivity index (χ0) is 15.9. The standard InChI is InChI=1S/C20H22N2O/c1-15-7-8-17-18(21-15)13-20(19(17)23)9-11-22(12-10-20)14-16-5-3-2-4-6-16/h2-8H,9-14H2,1H3. The van der Waals surface area contributed by atoms with Crippen LogP contribution in [-0.4, -0.2) is 28.8 Å². The Morgan fingerprint density at radius 1 is 1.09 bits per heavy atom. The van der Waals surface area contributed by atoms with Crippen molar-refractivity contribution in [3.63, 3.8) is 0 Å². The molecule has 1 spiro atoms. The third-order valence-corrected chi connectivity index (χ3v) is 5.41. The monoisotopic (exact) mass is 306 g/mol. The van der Waals surface area contributed by atoms with Gasteiger partial charge in [-0.25, -0.2) is 0 Å². The van der Waals surface area contributed by atoms with E-state index < -0.39 is 0 Å². The van der Waals surface area contributed by atoms with Gasteiger partial charge in [0, 0.05) is 29.6 Å². The summed E-state index contributed by atoms with van der Waals surface area (Å²) in [4.78, 5) is 20.0. The van der Waals surface area contributed by atoms with Crippen LogP contribution >= 0.6 is 0 Å². The van der Waals surface area contributed by atoms with Gasteiger partial charge in [-0.05, 0) is 50.6 Å². The van der Waals surface area contributed by atoms with E-state index in [9.17, 15) is 4.79 Å². The molecule has 3 nitrogen and oxygen atoms in total. The molecule has 118 valence electrons. The lowest BCUT2D eigenvalue weighted by molar-refractivity contribution is 0.0622. The molecule has 4 rings (SSSR count). The number of carbonyl (C=O) groups excluding carboxylic acids is 1. The van der Waals surface area contributed by atoms with E-state index in [1.54, 1.807) is 0 Å². The summed E-state index contributed by atoms with van der Waals surface area (Å²) in [6.07, 6.45) is 2.74. The molecule has 2 heterocycles. The fraction of sp³-hybridized carbons (Fsp3) is 0.400. The molecule has 2 aliphatic rings. The van der Waals surface area contributed by atoms with Crippen LogP contribution in [0.1, 0.15) is 40.2 Å². The molecule has 1 aliphatic heterocycles. The Bertz CT molecular complexity index is 731. The van der Waals surface area contributed by atoms with Gasteiger partial charge in [0.15, 0.2) is 5.78 Å². The Morgan fingerprint density at radius 2 is 1.83 bits per heavy atom. The number of carbonyl (C=O) groups is 1. The molecule has 0 atom stereocenters. The van der Waals surface area contributed by atoms with Gasteiger partial charge < -0.3 is 0 Å². The van der Waals surface area contributed by atoms with Gasteiger partial charge in [0.1, 0.15) is 0 Å². The smallest absolute Gasteiger partial charge is 0.171 e. The number of fused-ring (bicyclic) bond motifs is 1. The van der Waals surface area contributed by atoms with Crippen LogP contribution in [-0.2, 0) is 13.0 Å². The van der Waals surface area contributed by atoms with Crippen molar-refractivity contribution in [2.45, 2.75) is 32.7 Å². The van der Waals surface area contributed by atoms with E-state index in [-0.39, 0.29) is 5.41 Å². The number of benzene rings is 1. The largest absolute Gasteiger partial charge is 0.299 e. The van der Waals surface area contributed by atoms with Gasteiger partial charge >= 0.3 is 0 Å². The molecule has 0 bridgehead atoms. The topological polar surface area (TPSA) is 33.2 Å². The number of aromatic nitrogens is 1. The Kier molecular flexibility index (Phi) is 3.53. The predicted molar refractivity (Wildman–Crippen MR) is 90.4 cm³/mol. The van der Waals surface area contributed by atoms with Gasteiger partial charge in [-0.15, -0.1) is 0 Å². The van der Waals surface area contributed by atoms with Crippen LogP contribution in [0.4, 0.5) is 0 Å². The maximum Gasteiger partial charge on any atom is 0.171 e. The third kappa shape index (κ3) is 2.59. The van der Waals surface area contributed by atoms with Crippen LogP contribution in [0.5, 0.6) is 0 Å². The van der Waals surface area contributed by atoms with Crippen LogP contribution < -0.4 is 0 Å². The van der Waals surface area contributed by atoms with Gasteiger partial charge in [-0.1, -0.05) is 30.3 Å². The lowest BCUT2D eigenvalue weighted by atomic mass is 9.75. The predicted octanol–water partition coefficient (Wildman–Crippen LogP) is 3.41. The van der Waals surface area contributed by atoms with Crippen molar-refractivity contribution in [1.82, 2.24) is 9.88 Å². The summed E-state index contributed by atoms with van der Waals surface area (Å²) in [5.41, 5.74) is 4.06. The normalized spacial score (nSPS) is 20.0. The van der Waals surface area contributed by atoms with Gasteiger partial charge in [-0.3, -0.25) is 14.7 Å². The lowest BCUT2D eigenvalue weighted by Crippen LogP contribution is -2.42. The van der Waals surface area contributed by atoms with Crippen molar-refractivity contribution < 1.29 is 4.79 Å². The summed E-state index contributed by atoms with van der Waals surface area (Å²) in [7, 11) is 0. The van der Waals surface area contributed by atoms with Gasteiger partial charge in [0.2, 0.25) is 0 Å². The first-order chi connectivity index (χ1) is 11.2. The summed E-state index contributed by atoms with van der Waals surface area (Å²) in [5, 5.41) is 0. The van der Waals surface area contributed by atoms with E-state index in [0.717, 1.165) is 55.8 Å². The minimum atomic E-state index is -0.184. The summed E-state index contributed by atoms with van der Waals surface area (Å²) in [6.45, 7) is 4.97. The van der Waals surface area contributed by atoms with Crippen molar-refractivity contribution in [2.24, 2.45) is 5.41 Å². The first kappa shape index (κ1) is 14.6. The SMILES string of the molecule is Cc1ccc2c(n1)CC1(CCN(Cc3ccccc3)CC1)C2=O. The summed E-state index contributed by atoms with van der Waals surface area (Å²) in [6, 6.07) is 14.5. The number of hydrogen-bond acceptors (Lipinski definition) is 3. The minimum absolute atomic E-state index is 0.184. The molecule has 1 fully saturated rings. The summed E-state index contributed by atoms with van der Waals surface area (Å²) < 4.78 is 0. The summed E-state index contributed by atoms with van der Waals surface area (Å²) in [5.74, 6) is 0.333. The number of rotatable bonds is 2. The van der Waals surface area contributed by atoms with Crippen molar-refractivity contribution in [2.75, 3.05) is 13.1 Å². The number of nitrogens with zero attached hydrogens (tertiary/aromatic N) is 2. The second-order valence-corrected chi connectivity index (χ2v) is 6.99. The quantitative estimate of drug-likeness (QED) is 0.852. The molecule has 0 amide bonds. The number of likely N-dealkylation sites (tertiary alicyclic amines) is 1. The van der Waals surface area contributed by atoms with Crippen LogP contribution in [0, 0.1) is 12.3 Å². The molecule has 1 aliphatic carbocycles. The molecule has 0 radical (unpaired) electrons. The highest BCUT2D eigenvalue weighted by Crippen LogP contribution is 2.44. The zero-order valence-electron chi connectivity index (χ0n) is 13.6. The van der Waals surface area contributed by atoms with Gasteiger partial charge in [0.05, 0.1) is 5.69 Å². The van der Waals surface area contributed by atoms with Crippen LogP contribution in [0.25, 0.3) is 0 Å². The van der Waals surface area contributed by atoms with E-state index in [0.29, 0.717) is 5.78 Å². The molecule has 1 aromatic carbocycles. The summed E-state index contributed by atoms with van der Waals surface area (Å²) >= 11 is 0. The molecule has 2 aromatic rings. The average molecular weight is 306 g/mol. The fourth-order valence-electron chi connectivity index (χ4n) is 4.02. The molecular formula is C20H22N2O. The number of pyridine rings is 1. The van der Waals surface area contributed by atoms with Gasteiger partial charge in [-0.2, -0.15) is 0 Å². The second-order valence-electron chi connectivity index (χ2n) is 6.99. The molecule has 3 heteroatoms. The number of aryl methyl sites for hydroxylation is 1. The Balaban J connectivity index is 1.47. The number of ketones is 1. The third-order valence-electron chi connectivity index (χ3n) is 5.41. The van der Waals surface area contributed by atoms with Crippen LogP contribution in [0.3, 0.4) is 0 Å². The van der Waals surface area contributed by atoms with Crippen molar-refractivity contribution in [3.8, 4) is 0 Å². The molecule has 1 saturated heterocycles. The van der Waals surface area contributed by atoms with E-state index >= 15 is 0 Å². The number of piperidine rings is 1. The number of hydrogen-bond donors (Lipinski definition) is 0. The van der Waals surface area contributed by atoms with E-state index in [1.165, 1.54) is 5.56 Å². The Hall–Kier alpha value is -2.00. The Labute approximate surface area is 137 Å². The second kappa shape index (κ2) is 5.57. The molecule has 1 aromatic heterocycles. The van der Waals surface area contributed by atoms with Crippen LogP contribution in [0.15, 0.2) is 42.5 Å². The highest BCUT2D eigenvalue weighted by Gasteiger charge is 2.47. The highest BCUT2D eigenvalue weighted by molar-refractivity contribution is 6.04. The molecule has 23 heavy (non-hydrogen) atoms. The first-order valence-corrected chi connectivity index (χ1v) is 8.44. The average Bonchev–Trinajstić information content (AvgIpc) is 2.82. The Morgan fingerprint density at radius 3 is 2.57 bits per heavy atom. The van der Waals surface area contributed by atoms with Gasteiger partial charge in [0.25, 0.3) is 0 Å². The minimum Gasteiger partial charge on any atom is -0.299 e. The molecular weight excluding hydrogens is 284 g/mol. The fourth-order valence-corrected chi connectivity index (χ4v) is 4.02. The lowest BCUT2D eigenvalue weighted by Gasteiger charge is -2.38. The first-order valence-electron chi connectivity index (χ1n) is 8.44. The van der Waals surface area contributed by atoms with Crippen molar-refractivity contribution in [3.05, 3.63) is 65.0 Å². The number of Topliss-reactive ketones (excluding diaryl/α,β-unsaturated/α-hetero) is 1. The molecule has 0 N–H and O–H groups in total. The van der Waals surface area contributed by atoms with E-state index in [4.69, 9.17) is 0 Å². The molecule has 0 saturated carbocycles.